The Morgan fingerprint density at radius 1 is 1.15 bits per heavy atom. The number of hydrogen-bond donors (Lipinski definition) is 3. The van der Waals surface area contributed by atoms with Gasteiger partial charge in [0.15, 0.2) is 0 Å². The fourth-order valence-corrected chi connectivity index (χ4v) is 2.84. The van der Waals surface area contributed by atoms with Crippen LogP contribution in [0.5, 0.6) is 0 Å². The number of nitrogens with one attached hydrogen (secondary N) is 2. The molecule has 1 aliphatic carbocycles. The first-order valence-corrected chi connectivity index (χ1v) is 7.83. The molecule has 3 N–H and O–H groups in total. The Labute approximate surface area is 121 Å². The zero-order valence-corrected chi connectivity index (χ0v) is 12.7. The molecule has 0 unspecified atom stereocenters. The lowest BCUT2D eigenvalue weighted by atomic mass is 9.81. The molecular weight excluding hydrogens is 256 g/mol. The van der Waals surface area contributed by atoms with Crippen LogP contribution in [0.3, 0.4) is 0 Å². The number of carboxylic acids is 1. The van der Waals surface area contributed by atoms with Gasteiger partial charge in [-0.05, 0) is 31.1 Å². The molecule has 0 bridgehead atoms. The van der Waals surface area contributed by atoms with Crippen LogP contribution in [0.1, 0.15) is 58.8 Å². The van der Waals surface area contributed by atoms with E-state index in [2.05, 4.69) is 17.6 Å². The molecule has 0 heterocycles. The van der Waals surface area contributed by atoms with E-state index in [0.717, 1.165) is 25.2 Å². The van der Waals surface area contributed by atoms with Crippen molar-refractivity contribution in [2.45, 2.75) is 64.8 Å². The van der Waals surface area contributed by atoms with E-state index in [1.54, 1.807) is 0 Å². The Balaban J connectivity index is 2.24. The second-order valence-electron chi connectivity index (χ2n) is 5.83. The van der Waals surface area contributed by atoms with Gasteiger partial charge in [0.2, 0.25) is 0 Å². The molecule has 116 valence electrons. The van der Waals surface area contributed by atoms with Crippen molar-refractivity contribution in [3.8, 4) is 0 Å². The zero-order chi connectivity index (χ0) is 15.0. The standard InChI is InChI=1S/C15H28N2O3/c1-3-5-13(14(18)19)17-15(20)16-10-12-8-6-11(4-2)7-9-12/h11-13H,3-10H2,1-2H3,(H,18,19)(H2,16,17,20)/t11?,12?,13-/m1/s1. The third kappa shape index (κ3) is 5.80. The summed E-state index contributed by atoms with van der Waals surface area (Å²) in [5.74, 6) is 0.421. The van der Waals surface area contributed by atoms with Crippen molar-refractivity contribution in [2.75, 3.05) is 6.54 Å². The van der Waals surface area contributed by atoms with Crippen LogP contribution in [-0.2, 0) is 4.79 Å². The van der Waals surface area contributed by atoms with E-state index in [9.17, 15) is 9.59 Å². The van der Waals surface area contributed by atoms with E-state index in [4.69, 9.17) is 5.11 Å². The van der Waals surface area contributed by atoms with Crippen molar-refractivity contribution in [1.82, 2.24) is 10.6 Å². The van der Waals surface area contributed by atoms with Crippen LogP contribution in [0.4, 0.5) is 4.79 Å². The lowest BCUT2D eigenvalue weighted by Crippen LogP contribution is -2.47. The molecule has 1 atom stereocenters. The van der Waals surface area contributed by atoms with Crippen molar-refractivity contribution in [2.24, 2.45) is 11.8 Å². The summed E-state index contributed by atoms with van der Waals surface area (Å²) in [6.07, 6.45) is 7.27. The predicted molar refractivity (Wildman–Crippen MR) is 78.6 cm³/mol. The zero-order valence-electron chi connectivity index (χ0n) is 12.7. The highest BCUT2D eigenvalue weighted by Crippen LogP contribution is 2.29. The number of carbonyl (C=O) groups is 2. The molecule has 5 heteroatoms. The quantitative estimate of drug-likeness (QED) is 0.672. The van der Waals surface area contributed by atoms with Gasteiger partial charge in [0, 0.05) is 6.54 Å². The van der Waals surface area contributed by atoms with Crippen LogP contribution in [0.2, 0.25) is 0 Å². The number of aliphatic carboxylic acids is 1. The van der Waals surface area contributed by atoms with Gasteiger partial charge in [-0.15, -0.1) is 0 Å². The molecule has 0 aromatic heterocycles. The van der Waals surface area contributed by atoms with E-state index in [0.29, 0.717) is 18.9 Å². The van der Waals surface area contributed by atoms with Crippen LogP contribution in [-0.4, -0.2) is 29.7 Å². The molecule has 1 aliphatic rings. The van der Waals surface area contributed by atoms with Crippen LogP contribution in [0.25, 0.3) is 0 Å². The molecule has 0 aromatic rings. The van der Waals surface area contributed by atoms with Gasteiger partial charge in [-0.3, -0.25) is 0 Å². The summed E-state index contributed by atoms with van der Waals surface area (Å²) in [6, 6.07) is -1.14. The summed E-state index contributed by atoms with van der Waals surface area (Å²) < 4.78 is 0. The first kappa shape index (κ1) is 16.8. The number of rotatable bonds is 7. The Kier molecular flexibility index (Phi) is 7.41. The Morgan fingerprint density at radius 3 is 2.25 bits per heavy atom. The van der Waals surface area contributed by atoms with Gasteiger partial charge in [0.05, 0.1) is 0 Å². The number of amides is 2. The van der Waals surface area contributed by atoms with Crippen molar-refractivity contribution in [1.29, 1.82) is 0 Å². The van der Waals surface area contributed by atoms with Crippen molar-refractivity contribution < 1.29 is 14.7 Å². The molecule has 1 fully saturated rings. The maximum absolute atomic E-state index is 11.7. The van der Waals surface area contributed by atoms with Crippen LogP contribution in [0, 0.1) is 11.8 Å². The fourth-order valence-electron chi connectivity index (χ4n) is 2.84. The van der Waals surface area contributed by atoms with Crippen molar-refractivity contribution in [3.05, 3.63) is 0 Å². The minimum atomic E-state index is -0.967. The second kappa shape index (κ2) is 8.82. The number of hydrogen-bond acceptors (Lipinski definition) is 2. The summed E-state index contributed by atoms with van der Waals surface area (Å²) in [7, 11) is 0. The van der Waals surface area contributed by atoms with Gasteiger partial charge >= 0.3 is 12.0 Å². The van der Waals surface area contributed by atoms with Crippen molar-refractivity contribution in [3.63, 3.8) is 0 Å². The molecule has 0 radical (unpaired) electrons. The third-order valence-corrected chi connectivity index (χ3v) is 4.28. The summed E-state index contributed by atoms with van der Waals surface area (Å²) in [4.78, 5) is 22.7. The minimum absolute atomic E-state index is 0.358. The van der Waals surface area contributed by atoms with Crippen LogP contribution >= 0.6 is 0 Å². The number of carboxylic acid groups (broad SMARTS) is 1. The number of carbonyl (C=O) groups excluding carboxylic acids is 1. The van der Waals surface area contributed by atoms with Gasteiger partial charge in [0.25, 0.3) is 0 Å². The molecule has 0 spiro atoms. The van der Waals surface area contributed by atoms with Crippen LogP contribution < -0.4 is 10.6 Å². The molecule has 0 aliphatic heterocycles. The first-order chi connectivity index (χ1) is 9.56. The summed E-state index contributed by atoms with van der Waals surface area (Å²) >= 11 is 0. The maximum atomic E-state index is 11.7. The molecule has 20 heavy (non-hydrogen) atoms. The smallest absolute Gasteiger partial charge is 0.326 e. The minimum Gasteiger partial charge on any atom is -0.480 e. The predicted octanol–water partition coefficient (Wildman–Crippen LogP) is 2.76. The first-order valence-electron chi connectivity index (χ1n) is 7.83. The lowest BCUT2D eigenvalue weighted by molar-refractivity contribution is -0.139. The molecule has 1 rings (SSSR count). The normalized spacial score (nSPS) is 23.9. The van der Waals surface area contributed by atoms with Gasteiger partial charge < -0.3 is 15.7 Å². The molecular formula is C15H28N2O3. The van der Waals surface area contributed by atoms with E-state index in [1.165, 1.54) is 19.3 Å². The molecule has 2 amide bonds. The molecule has 1 saturated carbocycles. The van der Waals surface area contributed by atoms with Gasteiger partial charge in [0.1, 0.15) is 6.04 Å². The summed E-state index contributed by atoms with van der Waals surface area (Å²) in [5.41, 5.74) is 0. The van der Waals surface area contributed by atoms with E-state index in [1.807, 2.05) is 6.92 Å². The van der Waals surface area contributed by atoms with E-state index < -0.39 is 12.0 Å². The second-order valence-corrected chi connectivity index (χ2v) is 5.83. The van der Waals surface area contributed by atoms with Gasteiger partial charge in [-0.2, -0.15) is 0 Å². The SMILES string of the molecule is CCC[C@@H](NC(=O)NCC1CCC(CC)CC1)C(=O)O. The Morgan fingerprint density at radius 2 is 1.75 bits per heavy atom. The summed E-state index contributed by atoms with van der Waals surface area (Å²) in [5, 5.41) is 14.3. The highest BCUT2D eigenvalue weighted by Gasteiger charge is 2.22. The fraction of sp³-hybridized carbons (Fsp3) is 0.867. The largest absolute Gasteiger partial charge is 0.480 e. The van der Waals surface area contributed by atoms with Crippen molar-refractivity contribution >= 4 is 12.0 Å². The lowest BCUT2D eigenvalue weighted by Gasteiger charge is -2.28. The van der Waals surface area contributed by atoms with Gasteiger partial charge in [-0.1, -0.05) is 39.5 Å². The highest BCUT2D eigenvalue weighted by atomic mass is 16.4. The van der Waals surface area contributed by atoms with E-state index in [-0.39, 0.29) is 6.03 Å². The average molecular weight is 284 g/mol. The Hall–Kier alpha value is -1.26. The molecule has 0 aromatic carbocycles. The third-order valence-electron chi connectivity index (χ3n) is 4.28. The molecule has 0 saturated heterocycles. The van der Waals surface area contributed by atoms with Gasteiger partial charge in [-0.25, -0.2) is 9.59 Å². The molecule has 5 nitrogen and oxygen atoms in total. The highest BCUT2D eigenvalue weighted by molar-refractivity contribution is 5.82. The van der Waals surface area contributed by atoms with E-state index >= 15 is 0 Å². The average Bonchev–Trinajstić information content (AvgIpc) is 2.45. The topological polar surface area (TPSA) is 78.4 Å². The Bertz CT molecular complexity index is 312. The monoisotopic (exact) mass is 284 g/mol. The number of urea groups is 1. The van der Waals surface area contributed by atoms with Crippen LogP contribution in [0.15, 0.2) is 0 Å². The maximum Gasteiger partial charge on any atom is 0.326 e. The summed E-state index contributed by atoms with van der Waals surface area (Å²) in [6.45, 7) is 4.79.